The first-order valence-corrected chi connectivity index (χ1v) is 10.9. The van der Waals surface area contributed by atoms with Crippen LogP contribution in [0, 0.1) is 0 Å². The van der Waals surface area contributed by atoms with Crippen molar-refractivity contribution in [2.75, 3.05) is 6.61 Å². The largest absolute Gasteiger partial charge is 0.489 e. The normalized spacial score (nSPS) is 13.8. The summed E-state index contributed by atoms with van der Waals surface area (Å²) in [4.78, 5) is 22.5. The molecule has 0 aliphatic carbocycles. The van der Waals surface area contributed by atoms with E-state index >= 15 is 0 Å². The lowest BCUT2D eigenvalue weighted by Crippen LogP contribution is -2.40. The van der Waals surface area contributed by atoms with Gasteiger partial charge >= 0.3 is 11.6 Å². The maximum atomic E-state index is 11.4. The van der Waals surface area contributed by atoms with E-state index in [1.54, 1.807) is 26.0 Å². The number of allylic oxidation sites excluding steroid dienone is 3. The number of aliphatic hydroxyl groups is 1. The predicted octanol–water partition coefficient (Wildman–Crippen LogP) is 5.33. The maximum absolute atomic E-state index is 11.4. The minimum atomic E-state index is -0.887. The Kier molecular flexibility index (Phi) is 9.27. The van der Waals surface area contributed by atoms with Gasteiger partial charge in [-0.2, -0.15) is 0 Å². The van der Waals surface area contributed by atoms with Crippen molar-refractivity contribution in [3.63, 3.8) is 0 Å². The first-order valence-electron chi connectivity index (χ1n) is 10.9. The van der Waals surface area contributed by atoms with Crippen LogP contribution in [-0.4, -0.2) is 29.4 Å². The molecule has 2 aromatic rings. The fourth-order valence-corrected chi connectivity index (χ4v) is 3.31. The van der Waals surface area contributed by atoms with Gasteiger partial charge in [-0.3, -0.25) is 4.79 Å². The Labute approximate surface area is 189 Å². The number of hydrogen-bond donors (Lipinski definition) is 1. The van der Waals surface area contributed by atoms with E-state index in [1.807, 2.05) is 25.1 Å². The summed E-state index contributed by atoms with van der Waals surface area (Å²) < 4.78 is 16.1. The third-order valence-corrected chi connectivity index (χ3v) is 5.33. The number of fused-ring (bicyclic) bond motifs is 1. The van der Waals surface area contributed by atoms with Crippen LogP contribution < -0.4 is 10.4 Å². The van der Waals surface area contributed by atoms with Crippen molar-refractivity contribution in [2.24, 2.45) is 0 Å². The Bertz CT molecular complexity index is 1030. The molecule has 1 N–H and O–H groups in total. The highest BCUT2D eigenvalue weighted by Gasteiger charge is 2.30. The molecule has 1 atom stereocenters. The molecule has 0 aliphatic heterocycles. The number of carbonyl (C=O) groups is 1. The number of esters is 1. The molecule has 1 heterocycles. The highest BCUT2D eigenvalue weighted by Crippen LogP contribution is 2.22. The lowest BCUT2D eigenvalue weighted by atomic mass is 9.95. The standard InChI is InChI=1S/C26H34O6/c1-18(9-13-24(28)26(4,5)32-20(3)27)7-6-8-19(2)15-16-30-22-12-10-21-11-14-25(29)31-23(21)17-22/h7,10-12,14-15,17,24,28H,6,8-9,13,16H2,1-5H3/t24-/m1/s1. The van der Waals surface area contributed by atoms with Gasteiger partial charge < -0.3 is 19.0 Å². The molecule has 0 amide bonds. The first-order chi connectivity index (χ1) is 15.1. The molecule has 6 nitrogen and oxygen atoms in total. The molecule has 1 aromatic carbocycles. The van der Waals surface area contributed by atoms with Gasteiger partial charge in [0.25, 0.3) is 0 Å². The molecule has 0 radical (unpaired) electrons. The summed E-state index contributed by atoms with van der Waals surface area (Å²) in [5.74, 6) is 0.265. The molecule has 0 spiro atoms. The van der Waals surface area contributed by atoms with E-state index in [2.05, 4.69) is 13.0 Å². The molecular weight excluding hydrogens is 408 g/mol. The zero-order valence-corrected chi connectivity index (χ0v) is 19.6. The molecule has 0 aliphatic rings. The zero-order valence-electron chi connectivity index (χ0n) is 19.6. The minimum absolute atomic E-state index is 0.378. The van der Waals surface area contributed by atoms with Crippen LogP contribution >= 0.6 is 0 Å². The summed E-state index contributed by atoms with van der Waals surface area (Å²) in [6, 6.07) is 8.57. The molecule has 174 valence electrons. The number of ether oxygens (including phenoxy) is 2. The molecule has 0 saturated carbocycles. The third-order valence-electron chi connectivity index (χ3n) is 5.33. The molecule has 0 fully saturated rings. The van der Waals surface area contributed by atoms with Crippen LogP contribution in [-0.2, 0) is 9.53 Å². The van der Waals surface area contributed by atoms with Crippen LogP contribution in [0.5, 0.6) is 5.75 Å². The molecule has 2 rings (SSSR count). The van der Waals surface area contributed by atoms with E-state index in [0.29, 0.717) is 24.4 Å². The topological polar surface area (TPSA) is 86.0 Å². The molecule has 32 heavy (non-hydrogen) atoms. The molecule has 6 heteroatoms. The fraction of sp³-hybridized carbons (Fsp3) is 0.462. The van der Waals surface area contributed by atoms with Crippen molar-refractivity contribution in [3.05, 3.63) is 64.1 Å². The van der Waals surface area contributed by atoms with Gasteiger partial charge in [0, 0.05) is 24.4 Å². The van der Waals surface area contributed by atoms with Gasteiger partial charge in [0.15, 0.2) is 0 Å². The molecule has 0 saturated heterocycles. The second-order valence-corrected chi connectivity index (χ2v) is 8.66. The second-order valence-electron chi connectivity index (χ2n) is 8.66. The summed E-state index contributed by atoms with van der Waals surface area (Å²) in [5.41, 5.74) is 1.66. The first kappa shape index (κ1) is 25.4. The van der Waals surface area contributed by atoms with E-state index in [4.69, 9.17) is 13.9 Å². The van der Waals surface area contributed by atoms with Gasteiger partial charge in [-0.1, -0.05) is 17.2 Å². The van der Waals surface area contributed by atoms with Crippen LogP contribution in [0.15, 0.2) is 62.8 Å². The summed E-state index contributed by atoms with van der Waals surface area (Å²) in [7, 11) is 0. The molecule has 0 bridgehead atoms. The van der Waals surface area contributed by atoms with Gasteiger partial charge in [0.05, 0.1) is 6.10 Å². The van der Waals surface area contributed by atoms with Crippen molar-refractivity contribution in [2.45, 2.75) is 72.0 Å². The number of aliphatic hydroxyl groups excluding tert-OH is 1. The van der Waals surface area contributed by atoms with E-state index in [-0.39, 0.29) is 11.6 Å². The second kappa shape index (κ2) is 11.7. The lowest BCUT2D eigenvalue weighted by molar-refractivity contribution is -0.165. The summed E-state index contributed by atoms with van der Waals surface area (Å²) >= 11 is 0. The number of hydrogen-bond acceptors (Lipinski definition) is 6. The smallest absolute Gasteiger partial charge is 0.336 e. The van der Waals surface area contributed by atoms with Gasteiger partial charge in [0.1, 0.15) is 23.5 Å². The van der Waals surface area contributed by atoms with Crippen LogP contribution in [0.2, 0.25) is 0 Å². The van der Waals surface area contributed by atoms with Crippen molar-refractivity contribution in [1.82, 2.24) is 0 Å². The summed E-state index contributed by atoms with van der Waals surface area (Å²) in [5, 5.41) is 11.2. The molecule has 1 aromatic heterocycles. The summed E-state index contributed by atoms with van der Waals surface area (Å²) in [6.45, 7) is 9.35. The number of benzene rings is 1. The van der Waals surface area contributed by atoms with Crippen LogP contribution in [0.3, 0.4) is 0 Å². The lowest BCUT2D eigenvalue weighted by Gasteiger charge is -2.30. The van der Waals surface area contributed by atoms with E-state index in [9.17, 15) is 14.7 Å². The van der Waals surface area contributed by atoms with Crippen molar-refractivity contribution >= 4 is 16.9 Å². The Morgan fingerprint density at radius 2 is 1.78 bits per heavy atom. The average Bonchev–Trinajstić information content (AvgIpc) is 2.70. The van der Waals surface area contributed by atoms with Crippen molar-refractivity contribution in [3.8, 4) is 5.75 Å². The van der Waals surface area contributed by atoms with Crippen LogP contribution in [0.25, 0.3) is 11.0 Å². The van der Waals surface area contributed by atoms with E-state index in [1.165, 1.54) is 24.1 Å². The quantitative estimate of drug-likeness (QED) is 0.288. The number of rotatable bonds is 11. The minimum Gasteiger partial charge on any atom is -0.489 e. The zero-order chi connectivity index (χ0) is 23.7. The van der Waals surface area contributed by atoms with Gasteiger partial charge in [-0.05, 0) is 77.7 Å². The number of carbonyl (C=O) groups excluding carboxylic acids is 1. The fourth-order valence-electron chi connectivity index (χ4n) is 3.31. The van der Waals surface area contributed by atoms with Crippen molar-refractivity contribution < 1.29 is 23.8 Å². The van der Waals surface area contributed by atoms with E-state index < -0.39 is 11.7 Å². The average molecular weight is 443 g/mol. The Balaban J connectivity index is 1.75. The maximum Gasteiger partial charge on any atom is 0.336 e. The Morgan fingerprint density at radius 1 is 1.09 bits per heavy atom. The van der Waals surface area contributed by atoms with E-state index in [0.717, 1.165) is 24.6 Å². The Morgan fingerprint density at radius 3 is 2.50 bits per heavy atom. The Hall–Kier alpha value is -2.86. The third kappa shape index (κ3) is 8.35. The predicted molar refractivity (Wildman–Crippen MR) is 126 cm³/mol. The molecule has 0 unspecified atom stereocenters. The van der Waals surface area contributed by atoms with Gasteiger partial charge in [-0.15, -0.1) is 0 Å². The highest BCUT2D eigenvalue weighted by molar-refractivity contribution is 5.77. The monoisotopic (exact) mass is 442 g/mol. The van der Waals surface area contributed by atoms with Crippen LogP contribution in [0.4, 0.5) is 0 Å². The van der Waals surface area contributed by atoms with Crippen molar-refractivity contribution in [1.29, 1.82) is 0 Å². The highest BCUT2D eigenvalue weighted by atomic mass is 16.6. The summed E-state index contributed by atoms with van der Waals surface area (Å²) in [6.07, 6.45) is 6.60. The molecular formula is C26H34O6. The van der Waals surface area contributed by atoms with Gasteiger partial charge in [-0.25, -0.2) is 4.79 Å². The van der Waals surface area contributed by atoms with Gasteiger partial charge in [0.2, 0.25) is 0 Å². The van der Waals surface area contributed by atoms with Crippen LogP contribution in [0.1, 0.15) is 60.3 Å². The SMILES string of the molecule is CC(=O)OC(C)(C)[C@H](O)CCC(C)=CCCC(C)=CCOc1ccc2ccc(=O)oc2c1.